The van der Waals surface area contributed by atoms with Crippen LogP contribution in [0.15, 0.2) is 121 Å². The van der Waals surface area contributed by atoms with E-state index in [-0.39, 0.29) is 58.5 Å². The molecule has 0 aliphatic carbocycles. The number of nitrogens with zero attached hydrogens (tertiary/aromatic N) is 1. The van der Waals surface area contributed by atoms with Crippen LogP contribution in [0.3, 0.4) is 0 Å². The third-order valence-corrected chi connectivity index (χ3v) is 8.13. The van der Waals surface area contributed by atoms with Crippen molar-refractivity contribution in [3.8, 4) is 0 Å². The first-order valence-corrected chi connectivity index (χ1v) is 17.6. The van der Waals surface area contributed by atoms with Crippen molar-refractivity contribution < 1.29 is 38.1 Å². The minimum Gasteiger partial charge on any atom is -0.461 e. The van der Waals surface area contributed by atoms with E-state index >= 15 is 0 Å². The van der Waals surface area contributed by atoms with Gasteiger partial charge in [-0.3, -0.25) is 19.3 Å². The summed E-state index contributed by atoms with van der Waals surface area (Å²) >= 11 is 0. The number of benzene rings is 4. The highest BCUT2D eigenvalue weighted by atomic mass is 16.5. The SMILES string of the molecule is O=CNC(CN(CC(CCCC(=O)OCc1ccccc1)NC(=O)OCc1ccccc1)CC(NC=O)OCc1ccccc1)OCc1ccccc1. The summed E-state index contributed by atoms with van der Waals surface area (Å²) in [5.74, 6) is -0.356. The summed E-state index contributed by atoms with van der Waals surface area (Å²) in [4.78, 5) is 51.1. The van der Waals surface area contributed by atoms with E-state index in [1.807, 2.05) is 126 Å². The molecule has 0 saturated heterocycles. The van der Waals surface area contributed by atoms with Crippen molar-refractivity contribution in [2.45, 2.75) is 64.2 Å². The van der Waals surface area contributed by atoms with E-state index < -0.39 is 24.6 Å². The lowest BCUT2D eigenvalue weighted by Gasteiger charge is -2.33. The van der Waals surface area contributed by atoms with Crippen molar-refractivity contribution in [2.24, 2.45) is 0 Å². The van der Waals surface area contributed by atoms with Crippen molar-refractivity contribution >= 4 is 24.9 Å². The van der Waals surface area contributed by atoms with Crippen LogP contribution in [0.25, 0.3) is 0 Å². The van der Waals surface area contributed by atoms with Crippen molar-refractivity contribution in [3.63, 3.8) is 0 Å². The maximum Gasteiger partial charge on any atom is 0.407 e. The van der Waals surface area contributed by atoms with Crippen LogP contribution >= 0.6 is 0 Å². The maximum absolute atomic E-state index is 13.1. The van der Waals surface area contributed by atoms with Crippen LogP contribution in [0.4, 0.5) is 4.79 Å². The molecule has 12 nitrogen and oxygen atoms in total. The standard InChI is InChI=1S/C41H48N4O8/c46-31-42-38(50-27-33-14-5-1-6-15-33)25-45(26-39(43-32-47)51-28-34-16-7-2-8-17-34)24-37(44-41(49)53-30-36-20-11-4-12-21-36)22-13-23-40(48)52-29-35-18-9-3-10-19-35/h1-12,14-21,31-32,37-39H,13,22-30H2,(H,42,46)(H,43,47)(H,44,49). The minimum absolute atomic E-state index is 0.0756. The summed E-state index contributed by atoms with van der Waals surface area (Å²) < 4.78 is 23.2. The van der Waals surface area contributed by atoms with E-state index in [0.717, 1.165) is 22.3 Å². The smallest absolute Gasteiger partial charge is 0.407 e. The Hall–Kier alpha value is -5.56. The lowest BCUT2D eigenvalue weighted by atomic mass is 10.1. The van der Waals surface area contributed by atoms with E-state index in [9.17, 15) is 19.2 Å². The van der Waals surface area contributed by atoms with Gasteiger partial charge in [0, 0.05) is 32.1 Å². The van der Waals surface area contributed by atoms with Gasteiger partial charge >= 0.3 is 12.1 Å². The van der Waals surface area contributed by atoms with E-state index in [2.05, 4.69) is 16.0 Å². The van der Waals surface area contributed by atoms with E-state index in [4.69, 9.17) is 18.9 Å². The summed E-state index contributed by atoms with van der Waals surface area (Å²) in [5.41, 5.74) is 3.56. The van der Waals surface area contributed by atoms with Gasteiger partial charge in [-0.2, -0.15) is 0 Å². The second-order valence-corrected chi connectivity index (χ2v) is 12.3. The molecule has 0 saturated carbocycles. The lowest BCUT2D eigenvalue weighted by molar-refractivity contribution is -0.145. The number of carbonyl (C=O) groups is 4. The van der Waals surface area contributed by atoms with Gasteiger partial charge in [-0.05, 0) is 35.1 Å². The Labute approximate surface area is 310 Å². The number of rotatable bonds is 25. The summed E-state index contributed by atoms with van der Waals surface area (Å²) in [7, 11) is 0. The third-order valence-electron chi connectivity index (χ3n) is 8.13. The van der Waals surface area contributed by atoms with Crippen LogP contribution in [0.5, 0.6) is 0 Å². The molecule has 3 N–H and O–H groups in total. The molecular weight excluding hydrogens is 676 g/mol. The van der Waals surface area contributed by atoms with Crippen molar-refractivity contribution in [3.05, 3.63) is 144 Å². The molecule has 53 heavy (non-hydrogen) atoms. The minimum atomic E-state index is -0.752. The lowest BCUT2D eigenvalue weighted by Crippen LogP contribution is -2.52. The molecule has 0 bridgehead atoms. The molecule has 4 rings (SSSR count). The van der Waals surface area contributed by atoms with Crippen LogP contribution in [-0.2, 0) is 59.8 Å². The topological polar surface area (TPSA) is 145 Å². The molecular formula is C41H48N4O8. The average molecular weight is 725 g/mol. The second-order valence-electron chi connectivity index (χ2n) is 12.3. The number of nitrogens with one attached hydrogen (secondary N) is 3. The van der Waals surface area contributed by atoms with Crippen LogP contribution in [0.1, 0.15) is 41.5 Å². The van der Waals surface area contributed by atoms with Crippen molar-refractivity contribution in [2.75, 3.05) is 19.6 Å². The van der Waals surface area contributed by atoms with Crippen LogP contribution < -0.4 is 16.0 Å². The Morgan fingerprint density at radius 1 is 0.566 bits per heavy atom. The van der Waals surface area contributed by atoms with Crippen molar-refractivity contribution in [1.82, 2.24) is 20.9 Å². The first-order chi connectivity index (χ1) is 26.0. The van der Waals surface area contributed by atoms with E-state index in [1.165, 1.54) is 0 Å². The fraction of sp³-hybridized carbons (Fsp3) is 0.317. The molecule has 3 unspecified atom stereocenters. The van der Waals surface area contributed by atoms with E-state index in [1.54, 1.807) is 0 Å². The van der Waals surface area contributed by atoms with Gasteiger partial charge in [-0.1, -0.05) is 121 Å². The van der Waals surface area contributed by atoms with Gasteiger partial charge in [0.25, 0.3) is 0 Å². The highest BCUT2D eigenvalue weighted by molar-refractivity contribution is 5.69. The summed E-state index contributed by atoms with van der Waals surface area (Å²) in [6.45, 7) is 1.30. The number of ether oxygens (including phenoxy) is 4. The summed E-state index contributed by atoms with van der Waals surface area (Å²) in [6, 6.07) is 37.3. The quantitative estimate of drug-likeness (QED) is 0.0485. The Kier molecular flexibility index (Phi) is 18.1. The molecule has 0 aromatic heterocycles. The van der Waals surface area contributed by atoms with Gasteiger partial charge in [0.05, 0.1) is 13.2 Å². The molecule has 12 heteroatoms. The number of amides is 3. The number of carbonyl (C=O) groups excluding carboxylic acids is 4. The Morgan fingerprint density at radius 2 is 0.981 bits per heavy atom. The normalized spacial score (nSPS) is 12.5. The largest absolute Gasteiger partial charge is 0.461 e. The van der Waals surface area contributed by atoms with Gasteiger partial charge in [-0.15, -0.1) is 0 Å². The number of alkyl carbamates (subject to hydrolysis) is 1. The maximum atomic E-state index is 13.1. The molecule has 3 amide bonds. The molecule has 0 aliphatic rings. The van der Waals surface area contributed by atoms with Crippen molar-refractivity contribution in [1.29, 1.82) is 0 Å². The Balaban J connectivity index is 1.47. The molecule has 3 atom stereocenters. The molecule has 0 spiro atoms. The van der Waals surface area contributed by atoms with E-state index in [0.29, 0.717) is 25.7 Å². The zero-order valence-electron chi connectivity index (χ0n) is 29.7. The molecule has 0 heterocycles. The number of hydrogen-bond donors (Lipinski definition) is 3. The number of esters is 1. The predicted molar refractivity (Wildman–Crippen MR) is 199 cm³/mol. The highest BCUT2D eigenvalue weighted by Crippen LogP contribution is 2.12. The monoisotopic (exact) mass is 724 g/mol. The Bertz CT molecular complexity index is 1560. The number of hydrogen-bond acceptors (Lipinski definition) is 9. The van der Waals surface area contributed by atoms with Crippen LogP contribution in [0, 0.1) is 0 Å². The van der Waals surface area contributed by atoms with Gasteiger partial charge in [-0.25, -0.2) is 4.79 Å². The zero-order valence-corrected chi connectivity index (χ0v) is 29.7. The van der Waals surface area contributed by atoms with Gasteiger partial charge < -0.3 is 34.9 Å². The van der Waals surface area contributed by atoms with Crippen LogP contribution in [0.2, 0.25) is 0 Å². The first kappa shape index (κ1) is 40.2. The van der Waals surface area contributed by atoms with Gasteiger partial charge in [0.2, 0.25) is 12.8 Å². The molecule has 4 aromatic carbocycles. The summed E-state index contributed by atoms with van der Waals surface area (Å²) in [5, 5.41) is 8.43. The molecule has 0 radical (unpaired) electrons. The fourth-order valence-electron chi connectivity index (χ4n) is 5.45. The van der Waals surface area contributed by atoms with Gasteiger partial charge in [0.15, 0.2) is 0 Å². The molecule has 280 valence electrons. The van der Waals surface area contributed by atoms with Gasteiger partial charge in [0.1, 0.15) is 25.7 Å². The fourth-order valence-corrected chi connectivity index (χ4v) is 5.45. The third kappa shape index (κ3) is 16.6. The average Bonchev–Trinajstić information content (AvgIpc) is 3.19. The highest BCUT2D eigenvalue weighted by Gasteiger charge is 2.24. The zero-order chi connectivity index (χ0) is 37.4. The molecule has 0 aliphatic heterocycles. The molecule has 0 fully saturated rings. The first-order valence-electron chi connectivity index (χ1n) is 17.6. The molecule has 4 aromatic rings. The summed E-state index contributed by atoms with van der Waals surface area (Å²) in [6.07, 6.45) is -0.0608. The predicted octanol–water partition coefficient (Wildman–Crippen LogP) is 5.07. The van der Waals surface area contributed by atoms with Crippen LogP contribution in [-0.4, -0.2) is 67.9 Å². The second kappa shape index (κ2) is 23.8. The Morgan fingerprint density at radius 3 is 1.42 bits per heavy atom.